The third-order valence-corrected chi connectivity index (χ3v) is 3.40. The van der Waals surface area contributed by atoms with Gasteiger partial charge in [-0.1, -0.05) is 36.4 Å². The topological polar surface area (TPSA) is 35.2 Å². The molecule has 0 spiro atoms. The molecule has 2 aromatic carbocycles. The maximum atomic E-state index is 6.23. The molecule has 0 radical (unpaired) electrons. The van der Waals surface area contributed by atoms with Crippen LogP contribution in [0.15, 0.2) is 36.4 Å². The van der Waals surface area contributed by atoms with Crippen LogP contribution in [-0.4, -0.2) is 6.10 Å². The molecule has 1 heterocycles. The Balaban J connectivity index is 2.32. The highest BCUT2D eigenvalue weighted by Crippen LogP contribution is 2.33. The van der Waals surface area contributed by atoms with E-state index in [1.807, 2.05) is 6.92 Å². The molecule has 1 unspecified atom stereocenters. The molecule has 0 bridgehead atoms. The van der Waals surface area contributed by atoms with E-state index in [9.17, 15) is 0 Å². The van der Waals surface area contributed by atoms with Gasteiger partial charge in [0.15, 0.2) is 0 Å². The van der Waals surface area contributed by atoms with Gasteiger partial charge in [-0.3, -0.25) is 0 Å². The van der Waals surface area contributed by atoms with E-state index >= 15 is 0 Å². The predicted molar refractivity (Wildman–Crippen MR) is 65.1 cm³/mol. The maximum absolute atomic E-state index is 6.23. The van der Waals surface area contributed by atoms with Crippen molar-refractivity contribution in [3.63, 3.8) is 0 Å². The number of benzene rings is 2. The van der Waals surface area contributed by atoms with E-state index < -0.39 is 0 Å². The summed E-state index contributed by atoms with van der Waals surface area (Å²) in [6, 6.07) is 12.6. The third-order valence-electron chi connectivity index (χ3n) is 3.40. The number of hydrogen-bond donors (Lipinski definition) is 1. The zero-order chi connectivity index (χ0) is 11.1. The standard InChI is InChI=1S/C14H15NO/c1-9-14(15)13-11(8-16-9)7-6-10-4-2-3-5-12(10)13/h2-7,9,14H,8,15H2,1H3/t9-,14?/m0/s1. The van der Waals surface area contributed by atoms with Gasteiger partial charge in [0.05, 0.1) is 18.8 Å². The molecule has 16 heavy (non-hydrogen) atoms. The zero-order valence-electron chi connectivity index (χ0n) is 9.31. The smallest absolute Gasteiger partial charge is 0.0744 e. The highest BCUT2D eigenvalue weighted by atomic mass is 16.5. The summed E-state index contributed by atoms with van der Waals surface area (Å²) < 4.78 is 5.64. The van der Waals surface area contributed by atoms with Crippen molar-refractivity contribution in [2.45, 2.75) is 25.7 Å². The van der Waals surface area contributed by atoms with Crippen LogP contribution in [-0.2, 0) is 11.3 Å². The van der Waals surface area contributed by atoms with E-state index in [0.717, 1.165) is 0 Å². The second kappa shape index (κ2) is 3.58. The van der Waals surface area contributed by atoms with Crippen LogP contribution in [0.1, 0.15) is 24.1 Å². The average molecular weight is 213 g/mol. The Morgan fingerprint density at radius 3 is 2.88 bits per heavy atom. The molecule has 2 nitrogen and oxygen atoms in total. The summed E-state index contributed by atoms with van der Waals surface area (Å²) in [5, 5.41) is 2.52. The fraction of sp³-hybridized carbons (Fsp3) is 0.286. The van der Waals surface area contributed by atoms with Crippen LogP contribution in [0, 0.1) is 0 Å². The molecule has 2 heteroatoms. The monoisotopic (exact) mass is 213 g/mol. The van der Waals surface area contributed by atoms with Gasteiger partial charge in [-0.2, -0.15) is 0 Å². The molecule has 82 valence electrons. The predicted octanol–water partition coefficient (Wildman–Crippen LogP) is 2.76. The Kier molecular flexibility index (Phi) is 2.20. The highest BCUT2D eigenvalue weighted by molar-refractivity contribution is 5.87. The fourth-order valence-electron chi connectivity index (χ4n) is 2.42. The first-order valence-electron chi connectivity index (χ1n) is 5.65. The van der Waals surface area contributed by atoms with Gasteiger partial charge >= 0.3 is 0 Å². The van der Waals surface area contributed by atoms with Crippen LogP contribution in [0.5, 0.6) is 0 Å². The summed E-state index contributed by atoms with van der Waals surface area (Å²) in [5.41, 5.74) is 8.72. The molecular weight excluding hydrogens is 198 g/mol. The van der Waals surface area contributed by atoms with Crippen molar-refractivity contribution in [2.24, 2.45) is 5.73 Å². The zero-order valence-corrected chi connectivity index (χ0v) is 9.31. The van der Waals surface area contributed by atoms with Gasteiger partial charge in [0.1, 0.15) is 0 Å². The molecular formula is C14H15NO. The first-order chi connectivity index (χ1) is 7.77. The third kappa shape index (κ3) is 1.34. The minimum atomic E-state index is -0.0187. The van der Waals surface area contributed by atoms with Gasteiger partial charge in [-0.05, 0) is 28.8 Å². The Hall–Kier alpha value is -1.38. The molecule has 3 rings (SSSR count). The lowest BCUT2D eigenvalue weighted by atomic mass is 9.90. The lowest BCUT2D eigenvalue weighted by Gasteiger charge is -2.30. The summed E-state index contributed by atoms with van der Waals surface area (Å²) in [5.74, 6) is 0. The Labute approximate surface area is 95.0 Å². The fourth-order valence-corrected chi connectivity index (χ4v) is 2.42. The molecule has 0 saturated heterocycles. The highest BCUT2D eigenvalue weighted by Gasteiger charge is 2.25. The van der Waals surface area contributed by atoms with Crippen molar-refractivity contribution < 1.29 is 4.74 Å². The van der Waals surface area contributed by atoms with Crippen molar-refractivity contribution in [3.05, 3.63) is 47.5 Å². The van der Waals surface area contributed by atoms with E-state index in [2.05, 4.69) is 36.4 Å². The van der Waals surface area contributed by atoms with Crippen LogP contribution < -0.4 is 5.73 Å². The molecule has 1 aliphatic rings. The number of rotatable bonds is 0. The first kappa shape index (κ1) is 9.82. The van der Waals surface area contributed by atoms with Gasteiger partial charge in [0.2, 0.25) is 0 Å². The summed E-state index contributed by atoms with van der Waals surface area (Å²) in [4.78, 5) is 0. The van der Waals surface area contributed by atoms with Gasteiger partial charge in [-0.15, -0.1) is 0 Å². The Morgan fingerprint density at radius 2 is 2.00 bits per heavy atom. The van der Waals surface area contributed by atoms with E-state index in [1.54, 1.807) is 0 Å². The largest absolute Gasteiger partial charge is 0.372 e. The normalized spacial score (nSPS) is 24.4. The SMILES string of the molecule is C[C@@H]1OCc2ccc3ccccc3c2C1N. The lowest BCUT2D eigenvalue weighted by Crippen LogP contribution is -2.31. The molecule has 0 aliphatic carbocycles. The Bertz CT molecular complexity index is 535. The van der Waals surface area contributed by atoms with Crippen molar-refractivity contribution in [1.82, 2.24) is 0 Å². The summed E-state index contributed by atoms with van der Waals surface area (Å²) in [7, 11) is 0. The minimum absolute atomic E-state index is 0.0187. The summed E-state index contributed by atoms with van der Waals surface area (Å²) in [6.45, 7) is 2.71. The maximum Gasteiger partial charge on any atom is 0.0744 e. The molecule has 0 amide bonds. The van der Waals surface area contributed by atoms with Crippen molar-refractivity contribution >= 4 is 10.8 Å². The molecule has 2 aromatic rings. The van der Waals surface area contributed by atoms with E-state index in [1.165, 1.54) is 21.9 Å². The van der Waals surface area contributed by atoms with Crippen molar-refractivity contribution in [3.8, 4) is 0 Å². The van der Waals surface area contributed by atoms with Crippen LogP contribution in [0.2, 0.25) is 0 Å². The molecule has 0 fully saturated rings. The van der Waals surface area contributed by atoms with Crippen LogP contribution in [0.3, 0.4) is 0 Å². The van der Waals surface area contributed by atoms with Crippen molar-refractivity contribution in [1.29, 1.82) is 0 Å². The van der Waals surface area contributed by atoms with E-state index in [0.29, 0.717) is 6.61 Å². The second-order valence-corrected chi connectivity index (χ2v) is 4.40. The number of fused-ring (bicyclic) bond motifs is 3. The summed E-state index contributed by atoms with van der Waals surface area (Å²) in [6.07, 6.45) is 0.0957. The Morgan fingerprint density at radius 1 is 1.19 bits per heavy atom. The summed E-state index contributed by atoms with van der Waals surface area (Å²) >= 11 is 0. The molecule has 2 N–H and O–H groups in total. The first-order valence-corrected chi connectivity index (χ1v) is 5.65. The second-order valence-electron chi connectivity index (χ2n) is 4.40. The number of nitrogens with two attached hydrogens (primary N) is 1. The molecule has 0 aromatic heterocycles. The lowest BCUT2D eigenvalue weighted by molar-refractivity contribution is 0.0220. The van der Waals surface area contributed by atoms with Gasteiger partial charge in [0.25, 0.3) is 0 Å². The quantitative estimate of drug-likeness (QED) is 0.730. The molecule has 2 atom stereocenters. The number of ether oxygens (including phenoxy) is 1. The molecule has 1 aliphatic heterocycles. The van der Waals surface area contributed by atoms with Crippen LogP contribution in [0.4, 0.5) is 0 Å². The van der Waals surface area contributed by atoms with Crippen LogP contribution in [0.25, 0.3) is 10.8 Å². The number of hydrogen-bond acceptors (Lipinski definition) is 2. The minimum Gasteiger partial charge on any atom is -0.372 e. The van der Waals surface area contributed by atoms with Crippen LogP contribution >= 0.6 is 0 Å². The average Bonchev–Trinajstić information content (AvgIpc) is 2.33. The van der Waals surface area contributed by atoms with Gasteiger partial charge < -0.3 is 10.5 Å². The van der Waals surface area contributed by atoms with E-state index in [-0.39, 0.29) is 12.1 Å². The van der Waals surface area contributed by atoms with Gasteiger partial charge in [-0.25, -0.2) is 0 Å². The molecule has 0 saturated carbocycles. The van der Waals surface area contributed by atoms with Gasteiger partial charge in [0, 0.05) is 0 Å². The van der Waals surface area contributed by atoms with E-state index in [4.69, 9.17) is 10.5 Å². The van der Waals surface area contributed by atoms with Crippen molar-refractivity contribution in [2.75, 3.05) is 0 Å².